The molecule has 2 rings (SSSR count). The third kappa shape index (κ3) is 4.34. The highest BCUT2D eigenvalue weighted by atomic mass is 127. The molecule has 102 valence electrons. The number of hydrogen-bond donors (Lipinski definition) is 0. The first-order valence-corrected chi connectivity index (χ1v) is 5.87. The minimum atomic E-state index is 0. The van der Waals surface area contributed by atoms with Gasteiger partial charge in [-0.05, 0) is 12.1 Å². The van der Waals surface area contributed by atoms with E-state index in [9.17, 15) is 4.79 Å². The SMILES string of the molecule is COc1cccc(C(=O)CCn2cc[n+](C)c2)c1.[I-]. The highest BCUT2D eigenvalue weighted by Gasteiger charge is 2.09. The molecule has 0 saturated carbocycles. The summed E-state index contributed by atoms with van der Waals surface area (Å²) in [4.78, 5) is 12.0. The van der Waals surface area contributed by atoms with E-state index >= 15 is 0 Å². The van der Waals surface area contributed by atoms with Crippen molar-refractivity contribution in [1.29, 1.82) is 0 Å². The molecule has 0 amide bonds. The maximum Gasteiger partial charge on any atom is 0.243 e. The van der Waals surface area contributed by atoms with Gasteiger partial charge < -0.3 is 28.7 Å². The molecule has 0 N–H and O–H groups in total. The van der Waals surface area contributed by atoms with Gasteiger partial charge in [0.15, 0.2) is 5.78 Å². The minimum absolute atomic E-state index is 0. The second-order valence-electron chi connectivity index (χ2n) is 4.22. The third-order valence-electron chi connectivity index (χ3n) is 2.81. The Morgan fingerprint density at radius 2 is 2.21 bits per heavy atom. The number of benzene rings is 1. The molecule has 0 atom stereocenters. The topological polar surface area (TPSA) is 35.1 Å². The molecule has 0 aliphatic heterocycles. The van der Waals surface area contributed by atoms with Crippen LogP contribution in [0, 0.1) is 0 Å². The zero-order valence-electron chi connectivity index (χ0n) is 11.0. The highest BCUT2D eigenvalue weighted by molar-refractivity contribution is 5.96. The van der Waals surface area contributed by atoms with Crippen LogP contribution in [0.4, 0.5) is 0 Å². The fourth-order valence-electron chi connectivity index (χ4n) is 1.81. The zero-order valence-corrected chi connectivity index (χ0v) is 13.2. The number of Topliss-reactive ketones (excluding diaryl/α,β-unsaturated/α-hetero) is 1. The van der Waals surface area contributed by atoms with Crippen molar-refractivity contribution in [2.75, 3.05) is 7.11 Å². The first-order chi connectivity index (χ1) is 8.69. The Bertz CT molecular complexity index is 552. The number of carbonyl (C=O) groups excluding carboxylic acids is 1. The van der Waals surface area contributed by atoms with Crippen molar-refractivity contribution < 1.29 is 38.1 Å². The van der Waals surface area contributed by atoms with Gasteiger partial charge in [0.25, 0.3) is 0 Å². The predicted octanol–water partition coefficient (Wildman–Crippen LogP) is -1.40. The third-order valence-corrected chi connectivity index (χ3v) is 2.81. The summed E-state index contributed by atoms with van der Waals surface area (Å²) in [6, 6.07) is 7.27. The van der Waals surface area contributed by atoms with E-state index in [0.717, 1.165) is 0 Å². The van der Waals surface area contributed by atoms with Crippen LogP contribution in [0.2, 0.25) is 0 Å². The lowest BCUT2D eigenvalue weighted by Gasteiger charge is -2.03. The van der Waals surface area contributed by atoms with Gasteiger partial charge in [-0.3, -0.25) is 4.79 Å². The van der Waals surface area contributed by atoms with Gasteiger partial charge in [0, 0.05) is 12.0 Å². The molecule has 1 heterocycles. The van der Waals surface area contributed by atoms with Crippen molar-refractivity contribution in [2.24, 2.45) is 7.05 Å². The summed E-state index contributed by atoms with van der Waals surface area (Å²) in [7, 11) is 3.56. The quantitative estimate of drug-likeness (QED) is 0.368. The van der Waals surface area contributed by atoms with Gasteiger partial charge in [-0.25, -0.2) is 9.13 Å². The van der Waals surface area contributed by atoms with Crippen LogP contribution in [0.5, 0.6) is 5.75 Å². The van der Waals surface area contributed by atoms with E-state index in [4.69, 9.17) is 4.74 Å². The molecule has 4 nitrogen and oxygen atoms in total. The van der Waals surface area contributed by atoms with Crippen LogP contribution in [0.1, 0.15) is 16.8 Å². The van der Waals surface area contributed by atoms with Crippen LogP contribution >= 0.6 is 0 Å². The van der Waals surface area contributed by atoms with Crippen LogP contribution < -0.4 is 33.3 Å². The summed E-state index contributed by atoms with van der Waals surface area (Å²) in [5.41, 5.74) is 0.700. The second kappa shape index (κ2) is 7.28. The Morgan fingerprint density at radius 3 is 2.84 bits per heavy atom. The maximum atomic E-state index is 12.0. The molecule has 0 aliphatic carbocycles. The van der Waals surface area contributed by atoms with Gasteiger partial charge in [0.2, 0.25) is 6.33 Å². The number of aromatic nitrogens is 2. The number of methoxy groups -OCH3 is 1. The summed E-state index contributed by atoms with van der Waals surface area (Å²) in [6.07, 6.45) is 6.36. The van der Waals surface area contributed by atoms with Crippen LogP contribution in [0.15, 0.2) is 43.0 Å². The molecule has 0 aliphatic rings. The van der Waals surface area contributed by atoms with Crippen molar-refractivity contribution in [3.05, 3.63) is 48.5 Å². The molecule has 0 spiro atoms. The van der Waals surface area contributed by atoms with E-state index in [-0.39, 0.29) is 29.8 Å². The Labute approximate surface area is 130 Å². The van der Waals surface area contributed by atoms with Gasteiger partial charge in [-0.1, -0.05) is 12.1 Å². The lowest BCUT2D eigenvalue weighted by Crippen LogP contribution is -3.00. The van der Waals surface area contributed by atoms with Crippen molar-refractivity contribution >= 4 is 5.78 Å². The standard InChI is InChI=1S/C14H17N2O2.HI/c1-15-8-9-16(11-15)7-6-14(17)12-4-3-5-13(10-12)18-2;/h3-5,8-11H,6-7H2,1-2H3;1H/q+1;/p-1. The van der Waals surface area contributed by atoms with Gasteiger partial charge in [-0.15, -0.1) is 0 Å². The largest absolute Gasteiger partial charge is 1.00 e. The number of halogens is 1. The van der Waals surface area contributed by atoms with E-state index in [1.807, 2.05) is 53.1 Å². The van der Waals surface area contributed by atoms with E-state index in [1.165, 1.54) is 0 Å². The Morgan fingerprint density at radius 1 is 1.42 bits per heavy atom. The van der Waals surface area contributed by atoms with Crippen LogP contribution in [-0.2, 0) is 13.6 Å². The molecule has 0 saturated heterocycles. The first kappa shape index (κ1) is 15.7. The Balaban J connectivity index is 0.00000180. The van der Waals surface area contributed by atoms with Crippen molar-refractivity contribution in [3.63, 3.8) is 0 Å². The predicted molar refractivity (Wildman–Crippen MR) is 67.5 cm³/mol. The zero-order chi connectivity index (χ0) is 13.0. The molecular weight excluding hydrogens is 355 g/mol. The molecule has 2 aromatic rings. The van der Waals surface area contributed by atoms with Crippen molar-refractivity contribution in [2.45, 2.75) is 13.0 Å². The lowest BCUT2D eigenvalue weighted by molar-refractivity contribution is -0.671. The number of imidazole rings is 1. The molecule has 0 radical (unpaired) electrons. The fraction of sp³-hybridized carbons (Fsp3) is 0.286. The number of nitrogens with zero attached hydrogens (tertiary/aromatic N) is 2. The van der Waals surface area contributed by atoms with Crippen LogP contribution in [-0.4, -0.2) is 17.5 Å². The van der Waals surface area contributed by atoms with Crippen molar-refractivity contribution in [3.8, 4) is 5.75 Å². The maximum absolute atomic E-state index is 12.0. The first-order valence-electron chi connectivity index (χ1n) is 5.87. The van der Waals surface area contributed by atoms with Gasteiger partial charge in [0.1, 0.15) is 18.1 Å². The van der Waals surface area contributed by atoms with Gasteiger partial charge in [-0.2, -0.15) is 0 Å². The summed E-state index contributed by atoms with van der Waals surface area (Å²) in [5, 5.41) is 0. The number of hydrogen-bond acceptors (Lipinski definition) is 2. The molecule has 0 bridgehead atoms. The lowest BCUT2D eigenvalue weighted by atomic mass is 10.1. The number of ketones is 1. The molecule has 5 heteroatoms. The molecule has 0 unspecified atom stereocenters. The average molecular weight is 372 g/mol. The van der Waals surface area contributed by atoms with Gasteiger partial charge >= 0.3 is 0 Å². The Hall–Kier alpha value is -1.37. The monoisotopic (exact) mass is 372 g/mol. The number of ether oxygens (including phenoxy) is 1. The van der Waals surface area contributed by atoms with E-state index < -0.39 is 0 Å². The summed E-state index contributed by atoms with van der Waals surface area (Å²) < 4.78 is 9.06. The summed E-state index contributed by atoms with van der Waals surface area (Å²) in [5.74, 6) is 0.846. The molecule has 1 aromatic heterocycles. The number of carbonyl (C=O) groups is 1. The molecular formula is C14H17IN2O2. The van der Waals surface area contributed by atoms with E-state index in [0.29, 0.717) is 24.3 Å². The van der Waals surface area contributed by atoms with E-state index in [1.54, 1.807) is 13.2 Å². The van der Waals surface area contributed by atoms with Crippen molar-refractivity contribution in [1.82, 2.24) is 4.57 Å². The second-order valence-corrected chi connectivity index (χ2v) is 4.22. The molecule has 19 heavy (non-hydrogen) atoms. The van der Waals surface area contributed by atoms with E-state index in [2.05, 4.69) is 0 Å². The van der Waals surface area contributed by atoms with Crippen LogP contribution in [0.3, 0.4) is 0 Å². The van der Waals surface area contributed by atoms with Crippen LogP contribution in [0.25, 0.3) is 0 Å². The summed E-state index contributed by atoms with van der Waals surface area (Å²) in [6.45, 7) is 0.691. The molecule has 0 fully saturated rings. The summed E-state index contributed by atoms with van der Waals surface area (Å²) >= 11 is 0. The number of rotatable bonds is 5. The normalized spacial score (nSPS) is 9.79. The average Bonchev–Trinajstić information content (AvgIpc) is 2.82. The van der Waals surface area contributed by atoms with Gasteiger partial charge in [0.05, 0.1) is 20.7 Å². The Kier molecular flexibility index (Phi) is 6.01. The highest BCUT2D eigenvalue weighted by Crippen LogP contribution is 2.14. The smallest absolute Gasteiger partial charge is 0.243 e. The number of aryl methyl sites for hydroxylation is 2. The fourth-order valence-corrected chi connectivity index (χ4v) is 1.81. The molecule has 1 aromatic carbocycles. The minimum Gasteiger partial charge on any atom is -1.00 e.